The van der Waals surface area contributed by atoms with Gasteiger partial charge in [0, 0.05) is 10.2 Å². The Morgan fingerprint density at radius 3 is 2.26 bits per heavy atom. The highest BCUT2D eigenvalue weighted by Crippen LogP contribution is 2.16. The van der Waals surface area contributed by atoms with E-state index in [1.54, 1.807) is 32.9 Å². The predicted molar refractivity (Wildman–Crippen MR) is 95.4 cm³/mol. The number of benzene rings is 1. The lowest BCUT2D eigenvalue weighted by molar-refractivity contribution is -0.158. The summed E-state index contributed by atoms with van der Waals surface area (Å²) in [5, 5.41) is 5.43. The number of esters is 1. The average molecular weight is 385 g/mol. The number of rotatable bonds is 5. The average Bonchev–Trinajstić information content (AvgIpc) is 2.44. The van der Waals surface area contributed by atoms with E-state index < -0.39 is 23.6 Å². The van der Waals surface area contributed by atoms with Gasteiger partial charge in [-0.25, -0.2) is 9.59 Å². The van der Waals surface area contributed by atoms with Crippen LogP contribution in [-0.2, 0) is 9.53 Å². The molecule has 0 heterocycles. The SMILES string of the molecule is CC[C@H](C)[C@H](NC(=O)Nc1ccc(Br)cc1)C(=O)OC(C)(C)C. The molecule has 0 radical (unpaired) electrons. The fraction of sp³-hybridized carbons (Fsp3) is 0.529. The van der Waals surface area contributed by atoms with Crippen LogP contribution in [-0.4, -0.2) is 23.6 Å². The van der Waals surface area contributed by atoms with E-state index in [9.17, 15) is 9.59 Å². The summed E-state index contributed by atoms with van der Waals surface area (Å²) in [7, 11) is 0. The predicted octanol–water partition coefficient (Wildman–Crippen LogP) is 4.33. The molecular weight excluding hydrogens is 360 g/mol. The molecule has 2 amide bonds. The van der Waals surface area contributed by atoms with Gasteiger partial charge in [-0.3, -0.25) is 0 Å². The van der Waals surface area contributed by atoms with Crippen molar-refractivity contribution in [2.24, 2.45) is 5.92 Å². The monoisotopic (exact) mass is 384 g/mol. The molecule has 1 aromatic carbocycles. The Morgan fingerprint density at radius 2 is 1.78 bits per heavy atom. The van der Waals surface area contributed by atoms with Crippen LogP contribution in [0.1, 0.15) is 41.0 Å². The molecule has 2 N–H and O–H groups in total. The van der Waals surface area contributed by atoms with Crippen LogP contribution < -0.4 is 10.6 Å². The lowest BCUT2D eigenvalue weighted by Gasteiger charge is -2.27. The quantitative estimate of drug-likeness (QED) is 0.742. The van der Waals surface area contributed by atoms with Crippen LogP contribution in [0.2, 0.25) is 0 Å². The molecule has 0 bridgehead atoms. The molecule has 1 aromatic rings. The van der Waals surface area contributed by atoms with Crippen LogP contribution in [0.25, 0.3) is 0 Å². The lowest BCUT2D eigenvalue weighted by Crippen LogP contribution is -2.49. The van der Waals surface area contributed by atoms with E-state index in [2.05, 4.69) is 26.6 Å². The van der Waals surface area contributed by atoms with Gasteiger partial charge < -0.3 is 15.4 Å². The highest BCUT2D eigenvalue weighted by Gasteiger charge is 2.30. The number of ether oxygens (including phenoxy) is 1. The number of urea groups is 1. The van der Waals surface area contributed by atoms with Crippen molar-refractivity contribution in [3.8, 4) is 0 Å². The molecule has 23 heavy (non-hydrogen) atoms. The van der Waals surface area contributed by atoms with Gasteiger partial charge in [0.1, 0.15) is 11.6 Å². The number of halogens is 1. The number of carbonyl (C=O) groups excluding carboxylic acids is 2. The summed E-state index contributed by atoms with van der Waals surface area (Å²) in [4.78, 5) is 24.5. The van der Waals surface area contributed by atoms with Gasteiger partial charge in [0.2, 0.25) is 0 Å². The molecule has 0 spiro atoms. The molecule has 6 heteroatoms. The summed E-state index contributed by atoms with van der Waals surface area (Å²) in [6.07, 6.45) is 0.752. The summed E-state index contributed by atoms with van der Waals surface area (Å²) in [6, 6.07) is 6.09. The summed E-state index contributed by atoms with van der Waals surface area (Å²) in [5.41, 5.74) is 0.0601. The fourth-order valence-corrected chi connectivity index (χ4v) is 2.14. The minimum absolute atomic E-state index is 0.0273. The summed E-state index contributed by atoms with van der Waals surface area (Å²) >= 11 is 3.34. The van der Waals surface area contributed by atoms with E-state index in [4.69, 9.17) is 4.74 Å². The molecule has 0 fully saturated rings. The summed E-state index contributed by atoms with van der Waals surface area (Å²) < 4.78 is 6.33. The van der Waals surface area contributed by atoms with Gasteiger partial charge in [-0.1, -0.05) is 36.2 Å². The largest absolute Gasteiger partial charge is 0.458 e. The van der Waals surface area contributed by atoms with Crippen molar-refractivity contribution in [3.05, 3.63) is 28.7 Å². The van der Waals surface area contributed by atoms with Crippen molar-refractivity contribution >= 4 is 33.6 Å². The third-order valence-corrected chi connectivity index (χ3v) is 3.79. The molecule has 2 atom stereocenters. The van der Waals surface area contributed by atoms with Crippen LogP contribution in [0.5, 0.6) is 0 Å². The topological polar surface area (TPSA) is 67.4 Å². The molecule has 0 saturated carbocycles. The molecule has 1 rings (SSSR count). The Hall–Kier alpha value is -1.56. The first kappa shape index (κ1) is 19.5. The first-order valence-corrected chi connectivity index (χ1v) is 8.47. The maximum Gasteiger partial charge on any atom is 0.329 e. The lowest BCUT2D eigenvalue weighted by atomic mass is 9.99. The van der Waals surface area contributed by atoms with Gasteiger partial charge in [0.25, 0.3) is 0 Å². The molecule has 0 aliphatic rings. The first-order chi connectivity index (χ1) is 10.6. The standard InChI is InChI=1S/C17H25BrN2O3/c1-6-11(2)14(15(21)23-17(3,4)5)20-16(22)19-13-9-7-12(18)8-10-13/h7-11,14H,6H2,1-5H3,(H2,19,20,22)/t11-,14-/m0/s1. The molecule has 0 aromatic heterocycles. The zero-order valence-electron chi connectivity index (χ0n) is 14.3. The van der Waals surface area contributed by atoms with E-state index in [1.807, 2.05) is 26.0 Å². The highest BCUT2D eigenvalue weighted by atomic mass is 79.9. The van der Waals surface area contributed by atoms with Crippen molar-refractivity contribution in [1.29, 1.82) is 0 Å². The van der Waals surface area contributed by atoms with Crippen LogP contribution in [0.4, 0.5) is 10.5 Å². The maximum absolute atomic E-state index is 12.3. The van der Waals surface area contributed by atoms with Crippen LogP contribution >= 0.6 is 15.9 Å². The highest BCUT2D eigenvalue weighted by molar-refractivity contribution is 9.10. The van der Waals surface area contributed by atoms with Crippen molar-refractivity contribution in [2.45, 2.75) is 52.7 Å². The number of anilines is 1. The second kappa shape index (κ2) is 8.34. The normalized spacial score (nSPS) is 13.8. The summed E-state index contributed by atoms with van der Waals surface area (Å²) in [6.45, 7) is 9.30. The molecular formula is C17H25BrN2O3. The van der Waals surface area contributed by atoms with E-state index in [0.717, 1.165) is 10.9 Å². The zero-order valence-corrected chi connectivity index (χ0v) is 15.9. The smallest absolute Gasteiger partial charge is 0.329 e. The summed E-state index contributed by atoms with van der Waals surface area (Å²) in [5.74, 6) is -0.446. The Kier molecular flexibility index (Phi) is 7.06. The second-order valence-electron chi connectivity index (χ2n) is 6.50. The molecule has 5 nitrogen and oxygen atoms in total. The number of carbonyl (C=O) groups is 2. The molecule has 128 valence electrons. The van der Waals surface area contributed by atoms with Crippen LogP contribution in [0, 0.1) is 5.92 Å². The van der Waals surface area contributed by atoms with Gasteiger partial charge >= 0.3 is 12.0 Å². The number of hydrogen-bond donors (Lipinski definition) is 2. The first-order valence-electron chi connectivity index (χ1n) is 7.68. The fourth-order valence-electron chi connectivity index (χ4n) is 1.88. The van der Waals surface area contributed by atoms with Gasteiger partial charge in [-0.05, 0) is 51.0 Å². The second-order valence-corrected chi connectivity index (χ2v) is 7.42. The Balaban J connectivity index is 2.74. The zero-order chi connectivity index (χ0) is 17.6. The Morgan fingerprint density at radius 1 is 1.22 bits per heavy atom. The Bertz CT molecular complexity index is 538. The van der Waals surface area contributed by atoms with Crippen molar-refractivity contribution in [3.63, 3.8) is 0 Å². The van der Waals surface area contributed by atoms with Gasteiger partial charge in [-0.2, -0.15) is 0 Å². The molecule has 0 aliphatic carbocycles. The van der Waals surface area contributed by atoms with Gasteiger partial charge in [0.05, 0.1) is 0 Å². The van der Waals surface area contributed by atoms with E-state index in [0.29, 0.717) is 5.69 Å². The van der Waals surface area contributed by atoms with E-state index >= 15 is 0 Å². The van der Waals surface area contributed by atoms with E-state index in [1.165, 1.54) is 0 Å². The third-order valence-electron chi connectivity index (χ3n) is 3.26. The third kappa shape index (κ3) is 7.03. The van der Waals surface area contributed by atoms with Gasteiger partial charge in [0.15, 0.2) is 0 Å². The van der Waals surface area contributed by atoms with E-state index in [-0.39, 0.29) is 5.92 Å². The van der Waals surface area contributed by atoms with Crippen LogP contribution in [0.3, 0.4) is 0 Å². The van der Waals surface area contributed by atoms with Gasteiger partial charge in [-0.15, -0.1) is 0 Å². The minimum atomic E-state index is -0.685. The van der Waals surface area contributed by atoms with Crippen molar-refractivity contribution in [1.82, 2.24) is 5.32 Å². The number of amides is 2. The number of nitrogens with one attached hydrogen (secondary N) is 2. The molecule has 0 unspecified atom stereocenters. The molecule has 0 aliphatic heterocycles. The Labute approximate surface area is 146 Å². The van der Waals surface area contributed by atoms with Crippen LogP contribution in [0.15, 0.2) is 28.7 Å². The van der Waals surface area contributed by atoms with Crippen molar-refractivity contribution in [2.75, 3.05) is 5.32 Å². The molecule has 0 saturated heterocycles. The van der Waals surface area contributed by atoms with Crippen molar-refractivity contribution < 1.29 is 14.3 Å². The number of hydrogen-bond acceptors (Lipinski definition) is 3. The maximum atomic E-state index is 12.3. The minimum Gasteiger partial charge on any atom is -0.458 e.